The number of unbranched alkanes of at least 4 members (excludes halogenated alkanes) is 18. The second-order valence-electron chi connectivity index (χ2n) is 15.1. The van der Waals surface area contributed by atoms with Crippen LogP contribution in [0.25, 0.3) is 0 Å². The lowest BCUT2D eigenvalue weighted by Gasteiger charge is -2.20. The topological polar surface area (TPSA) is 216 Å². The molecule has 0 aliphatic rings. The first-order valence-electron chi connectivity index (χ1n) is 22.4. The number of allylic oxidation sites excluding steroid dienone is 8. The number of hydrogen-bond donors (Lipinski definition) is 5. The van der Waals surface area contributed by atoms with Crippen molar-refractivity contribution >= 4 is 27.6 Å². The molecule has 0 aromatic heterocycles. The molecule has 16 heteroatoms. The van der Waals surface area contributed by atoms with Gasteiger partial charge in [0.2, 0.25) is 0 Å². The number of carbonyl (C=O) groups is 2. The highest BCUT2D eigenvalue weighted by atomic mass is 31.2. The third kappa shape index (κ3) is 44.1. The molecule has 1 unspecified atom stereocenters. The van der Waals surface area contributed by atoms with E-state index in [-0.39, 0.29) is 19.4 Å². The highest BCUT2D eigenvalue weighted by Crippen LogP contribution is 2.43. The lowest BCUT2D eigenvalue weighted by molar-refractivity contribution is -0.161. The zero-order chi connectivity index (χ0) is 44.4. The molecule has 0 saturated heterocycles. The molecule has 5 N–H and O–H groups in total. The molecule has 14 nitrogen and oxygen atoms in total. The molecule has 0 aliphatic heterocycles. The van der Waals surface area contributed by atoms with Gasteiger partial charge in [0.05, 0.1) is 19.8 Å². The van der Waals surface area contributed by atoms with Gasteiger partial charge in [-0.1, -0.05) is 152 Å². The van der Waals surface area contributed by atoms with Gasteiger partial charge < -0.3 is 34.4 Å². The van der Waals surface area contributed by atoms with Gasteiger partial charge in [-0.3, -0.25) is 23.2 Å². The molecule has 350 valence electrons. The van der Waals surface area contributed by atoms with Crippen molar-refractivity contribution in [1.82, 2.24) is 0 Å². The Hall–Kier alpha value is -1.96. The molecule has 60 heavy (non-hydrogen) atoms. The van der Waals surface area contributed by atoms with Crippen LogP contribution in [0.15, 0.2) is 48.6 Å². The van der Waals surface area contributed by atoms with Gasteiger partial charge in [0.15, 0.2) is 6.10 Å². The van der Waals surface area contributed by atoms with Gasteiger partial charge in [0.25, 0.3) is 0 Å². The van der Waals surface area contributed by atoms with Gasteiger partial charge in [0.1, 0.15) is 12.7 Å². The maximum absolute atomic E-state index is 12.7. The number of hydrogen-bond acceptors (Lipinski definition) is 11. The predicted octanol–water partition coefficient (Wildman–Crippen LogP) is 10.4. The van der Waals surface area contributed by atoms with Gasteiger partial charge in [-0.05, 0) is 57.8 Å². The van der Waals surface area contributed by atoms with E-state index < -0.39 is 66.2 Å². The second-order valence-corrected chi connectivity index (χ2v) is 17.7. The number of esters is 2. The van der Waals surface area contributed by atoms with Crippen LogP contribution in [0.5, 0.6) is 0 Å². The first-order chi connectivity index (χ1) is 28.9. The van der Waals surface area contributed by atoms with Crippen LogP contribution in [0, 0.1) is 0 Å². The number of aliphatic hydroxyl groups is 2. The molecule has 3 atom stereocenters. The summed E-state index contributed by atoms with van der Waals surface area (Å²) in [5.74, 6) is -1.11. The fourth-order valence-corrected chi connectivity index (χ4v) is 7.01. The summed E-state index contributed by atoms with van der Waals surface area (Å²) < 4.78 is 47.7. The first-order valence-corrected chi connectivity index (χ1v) is 25.5. The largest absolute Gasteiger partial charge is 0.472 e. The smallest absolute Gasteiger partial charge is 0.462 e. The lowest BCUT2D eigenvalue weighted by atomic mass is 10.0. The number of rotatable bonds is 43. The molecular formula is C44H80O14P2. The minimum atomic E-state index is -4.87. The summed E-state index contributed by atoms with van der Waals surface area (Å²) in [6, 6.07) is 0. The van der Waals surface area contributed by atoms with E-state index in [1.807, 2.05) is 12.2 Å². The highest BCUT2D eigenvalue weighted by Gasteiger charge is 2.28. The Morgan fingerprint density at radius 3 is 1.47 bits per heavy atom. The van der Waals surface area contributed by atoms with Gasteiger partial charge in [-0.25, -0.2) is 9.13 Å². The molecule has 0 aliphatic carbocycles. The highest BCUT2D eigenvalue weighted by molar-refractivity contribution is 7.47. The quantitative estimate of drug-likeness (QED) is 0.0167. The number of carbonyl (C=O) groups excluding carboxylic acids is 2. The Balaban J connectivity index is 4.57. The summed E-state index contributed by atoms with van der Waals surface area (Å²) in [4.78, 5) is 52.7. The van der Waals surface area contributed by atoms with Crippen molar-refractivity contribution in [3.8, 4) is 0 Å². The Kier molecular flexibility index (Phi) is 39.7. The van der Waals surface area contributed by atoms with Crippen molar-refractivity contribution in [3.63, 3.8) is 0 Å². The Bertz CT molecular complexity index is 1250. The zero-order valence-electron chi connectivity index (χ0n) is 36.5. The average molecular weight is 895 g/mol. The molecule has 0 saturated carbocycles. The normalized spacial score (nSPS) is 14.4. The van der Waals surface area contributed by atoms with Crippen LogP contribution in [-0.2, 0) is 41.8 Å². The molecule has 0 spiro atoms. The molecule has 0 fully saturated rings. The van der Waals surface area contributed by atoms with Crippen LogP contribution in [0.4, 0.5) is 0 Å². The van der Waals surface area contributed by atoms with E-state index in [9.17, 15) is 28.7 Å². The van der Waals surface area contributed by atoms with Gasteiger partial charge in [0, 0.05) is 19.4 Å². The fraction of sp³-hybridized carbons (Fsp3) is 0.773. The molecule has 0 amide bonds. The summed E-state index contributed by atoms with van der Waals surface area (Å²) >= 11 is 0. The number of ether oxygens (including phenoxy) is 2. The van der Waals surface area contributed by atoms with Crippen LogP contribution in [0.2, 0.25) is 0 Å². The van der Waals surface area contributed by atoms with Crippen molar-refractivity contribution < 1.29 is 66.7 Å². The molecule has 0 radical (unpaired) electrons. The van der Waals surface area contributed by atoms with E-state index in [1.165, 1.54) is 70.6 Å². The maximum Gasteiger partial charge on any atom is 0.472 e. The number of phosphoric ester groups is 2. The van der Waals surface area contributed by atoms with Crippen LogP contribution in [-0.4, -0.2) is 82.1 Å². The monoisotopic (exact) mass is 895 g/mol. The Morgan fingerprint density at radius 2 is 0.950 bits per heavy atom. The molecule has 0 aromatic carbocycles. The van der Waals surface area contributed by atoms with Crippen LogP contribution < -0.4 is 0 Å². The first kappa shape index (κ1) is 58.0. The second kappa shape index (κ2) is 41.1. The molecular weight excluding hydrogens is 814 g/mol. The fourth-order valence-electron chi connectivity index (χ4n) is 5.85. The summed E-state index contributed by atoms with van der Waals surface area (Å²) in [6.07, 6.45) is 39.8. The minimum Gasteiger partial charge on any atom is -0.462 e. The van der Waals surface area contributed by atoms with E-state index in [0.29, 0.717) is 19.3 Å². The van der Waals surface area contributed by atoms with Gasteiger partial charge >= 0.3 is 27.6 Å². The molecule has 0 bridgehead atoms. The van der Waals surface area contributed by atoms with Gasteiger partial charge in [-0.2, -0.15) is 0 Å². The maximum atomic E-state index is 12.7. The minimum absolute atomic E-state index is 0.110. The van der Waals surface area contributed by atoms with E-state index in [1.54, 1.807) is 0 Å². The van der Waals surface area contributed by atoms with Crippen molar-refractivity contribution in [2.24, 2.45) is 0 Å². The Morgan fingerprint density at radius 1 is 0.517 bits per heavy atom. The van der Waals surface area contributed by atoms with Gasteiger partial charge in [-0.15, -0.1) is 0 Å². The SMILES string of the molecule is CCCCCCCCCCCCCCCCCC(=O)O[C@H](COC(=O)CCC/C=C\C/C=C\C/C=C\C/C=C\CCCCCO)COP(=O)(O)OC[C@@H](O)COP(=O)(O)O. The third-order valence-corrected chi connectivity index (χ3v) is 10.7. The number of aliphatic hydroxyl groups excluding tert-OH is 2. The van der Waals surface area contributed by atoms with Crippen molar-refractivity contribution in [2.75, 3.05) is 33.0 Å². The van der Waals surface area contributed by atoms with E-state index >= 15 is 0 Å². The average Bonchev–Trinajstić information content (AvgIpc) is 3.21. The summed E-state index contributed by atoms with van der Waals surface area (Å²) in [5.41, 5.74) is 0. The third-order valence-electron chi connectivity index (χ3n) is 9.27. The Labute approximate surface area is 361 Å². The van der Waals surface area contributed by atoms with Crippen LogP contribution in [0.3, 0.4) is 0 Å². The van der Waals surface area contributed by atoms with E-state index in [2.05, 4.69) is 52.4 Å². The van der Waals surface area contributed by atoms with Crippen molar-refractivity contribution in [1.29, 1.82) is 0 Å². The van der Waals surface area contributed by atoms with Crippen molar-refractivity contribution in [3.05, 3.63) is 48.6 Å². The van der Waals surface area contributed by atoms with Crippen LogP contribution in [0.1, 0.15) is 174 Å². The van der Waals surface area contributed by atoms with E-state index in [0.717, 1.165) is 64.2 Å². The summed E-state index contributed by atoms with van der Waals surface area (Å²) in [7, 11) is -9.69. The molecule has 0 rings (SSSR count). The zero-order valence-corrected chi connectivity index (χ0v) is 38.3. The number of phosphoric acid groups is 2. The van der Waals surface area contributed by atoms with Crippen LogP contribution >= 0.6 is 15.6 Å². The van der Waals surface area contributed by atoms with Crippen molar-refractivity contribution in [2.45, 2.75) is 186 Å². The lowest BCUT2D eigenvalue weighted by Crippen LogP contribution is -2.30. The molecule has 0 heterocycles. The van der Waals surface area contributed by atoms with E-state index in [4.69, 9.17) is 28.9 Å². The summed E-state index contributed by atoms with van der Waals surface area (Å²) in [5, 5.41) is 18.5. The summed E-state index contributed by atoms with van der Waals surface area (Å²) in [6.45, 7) is -0.285. The predicted molar refractivity (Wildman–Crippen MR) is 236 cm³/mol. The standard InChI is InChI=1S/C44H80O14P2/c1-2-3-4-5-6-7-8-9-13-17-20-23-26-29-32-35-44(48)58-42(40-57-60(52,53)56-38-41(46)37-55-59(49,50)51)39-54-43(47)34-31-28-25-22-19-16-14-11-10-12-15-18-21-24-27-30-33-36-45/h10,12,14,16,18,21-22,25,41-42,45-46H,2-9,11,13,15,17,19-20,23-24,26-40H2,1H3,(H,52,53)(H2,49,50,51)/b12-10-,16-14-,21-18-,25-22-/t41-,42+/m0/s1. The molecule has 0 aromatic rings.